The second kappa shape index (κ2) is 14.7. The van der Waals surface area contributed by atoms with Gasteiger partial charge in [-0.2, -0.15) is 0 Å². The van der Waals surface area contributed by atoms with Crippen molar-refractivity contribution in [1.82, 2.24) is 50.0 Å². The number of likely N-dealkylation sites (tertiary alicyclic amines) is 2. The number of hydrogen-bond acceptors (Lipinski definition) is 8. The summed E-state index contributed by atoms with van der Waals surface area (Å²) in [6, 6.07) is 21.0. The number of rotatable bonds is 10. The molecule has 262 valence electrons. The van der Waals surface area contributed by atoms with E-state index in [9.17, 15) is 9.59 Å². The maximum Gasteiger partial charge on any atom is 0.244 e. The zero-order valence-corrected chi connectivity index (χ0v) is 28.9. The molecule has 0 unspecified atom stereocenters. The highest BCUT2D eigenvalue weighted by atomic mass is 16.2. The van der Waals surface area contributed by atoms with Crippen molar-refractivity contribution >= 4 is 11.8 Å². The lowest BCUT2D eigenvalue weighted by Gasteiger charge is -2.28. The van der Waals surface area contributed by atoms with Gasteiger partial charge >= 0.3 is 0 Å². The van der Waals surface area contributed by atoms with E-state index in [0.29, 0.717) is 18.8 Å². The molecule has 0 aliphatic carbocycles. The molecule has 2 fully saturated rings. The van der Waals surface area contributed by atoms with Crippen LogP contribution in [0.3, 0.4) is 0 Å². The number of carbonyl (C=O) groups excluding carboxylic acids is 2. The van der Waals surface area contributed by atoms with Gasteiger partial charge in [-0.1, -0.05) is 60.7 Å². The minimum absolute atomic E-state index is 0.0467. The minimum atomic E-state index is -0.410. The zero-order valence-electron chi connectivity index (χ0n) is 28.9. The van der Waals surface area contributed by atoms with Crippen LogP contribution in [0.2, 0.25) is 0 Å². The average Bonchev–Trinajstić information content (AvgIpc) is 4.03. The number of carbonyl (C=O) groups is 2. The van der Waals surface area contributed by atoms with Crippen molar-refractivity contribution < 1.29 is 9.59 Å². The van der Waals surface area contributed by atoms with Gasteiger partial charge in [-0.15, -0.1) is 0 Å². The van der Waals surface area contributed by atoms with E-state index in [4.69, 9.17) is 0 Å². The molecular formula is C40H40N10O2. The van der Waals surface area contributed by atoms with Crippen molar-refractivity contribution in [1.29, 1.82) is 0 Å². The monoisotopic (exact) mass is 692 g/mol. The Labute approximate surface area is 301 Å². The van der Waals surface area contributed by atoms with Crippen molar-refractivity contribution in [3.8, 4) is 33.9 Å². The Balaban J connectivity index is 0.918. The number of imidazole rings is 2. The van der Waals surface area contributed by atoms with Crippen molar-refractivity contribution in [3.05, 3.63) is 127 Å². The normalized spacial score (nSPS) is 17.8. The van der Waals surface area contributed by atoms with Gasteiger partial charge in [0.1, 0.15) is 17.7 Å². The highest BCUT2D eigenvalue weighted by Crippen LogP contribution is 2.35. The number of aromatic amines is 2. The number of hydrogen-bond donors (Lipinski definition) is 3. The average molecular weight is 693 g/mol. The summed E-state index contributed by atoms with van der Waals surface area (Å²) in [5, 5.41) is 3.19. The molecule has 0 radical (unpaired) electrons. The number of pyridine rings is 1. The van der Waals surface area contributed by atoms with Gasteiger partial charge in [0.15, 0.2) is 5.82 Å². The summed E-state index contributed by atoms with van der Waals surface area (Å²) in [4.78, 5) is 60.4. The predicted molar refractivity (Wildman–Crippen MR) is 196 cm³/mol. The maximum atomic E-state index is 13.6. The van der Waals surface area contributed by atoms with E-state index in [-0.39, 0.29) is 23.9 Å². The highest BCUT2D eigenvalue weighted by Gasteiger charge is 2.36. The number of nitrogens with zero attached hydrogens (tertiary/aromatic N) is 7. The van der Waals surface area contributed by atoms with E-state index < -0.39 is 6.04 Å². The third-order valence-corrected chi connectivity index (χ3v) is 10.1. The van der Waals surface area contributed by atoms with Crippen LogP contribution < -0.4 is 5.32 Å². The van der Waals surface area contributed by atoms with Gasteiger partial charge in [0, 0.05) is 49.0 Å². The molecule has 2 saturated heterocycles. The van der Waals surface area contributed by atoms with Crippen molar-refractivity contribution in [3.63, 3.8) is 0 Å². The molecule has 6 aromatic rings. The first kappa shape index (κ1) is 33.2. The van der Waals surface area contributed by atoms with Crippen molar-refractivity contribution in [2.45, 2.75) is 50.2 Å². The Morgan fingerprint density at radius 2 is 1.37 bits per heavy atom. The number of aromatic nitrogens is 7. The summed E-state index contributed by atoms with van der Waals surface area (Å²) in [5.41, 5.74) is 6.25. The first-order valence-electron chi connectivity index (χ1n) is 17.8. The Morgan fingerprint density at radius 3 is 2.02 bits per heavy atom. The van der Waals surface area contributed by atoms with Gasteiger partial charge in [-0.05, 0) is 55.5 Å². The van der Waals surface area contributed by atoms with Gasteiger partial charge in [-0.25, -0.2) is 19.9 Å². The zero-order chi connectivity index (χ0) is 35.4. The fourth-order valence-electron chi connectivity index (χ4n) is 7.41. The SMILES string of the molecule is CN[C@@H](C(=O)N1CCC[C@H]1c1ncc(-c2cnc(-c3ccc(-c4cnc([C@@H]5CCCN5C(=O)Cc5cccnc5)[nH]4)cc3)nc2)[nH]1)c1ccccc1. The molecule has 0 saturated carbocycles. The molecule has 2 aromatic carbocycles. The summed E-state index contributed by atoms with van der Waals surface area (Å²) in [5.74, 6) is 2.32. The molecule has 4 aromatic heterocycles. The summed E-state index contributed by atoms with van der Waals surface area (Å²) in [6.07, 6.45) is 14.6. The summed E-state index contributed by atoms with van der Waals surface area (Å²) in [7, 11) is 1.82. The van der Waals surface area contributed by atoms with Crippen LogP contribution in [0.4, 0.5) is 0 Å². The smallest absolute Gasteiger partial charge is 0.244 e. The van der Waals surface area contributed by atoms with Crippen molar-refractivity contribution in [2.24, 2.45) is 0 Å². The largest absolute Gasteiger partial charge is 0.340 e. The number of likely N-dealkylation sites (N-methyl/N-ethyl adjacent to an activating group) is 1. The van der Waals surface area contributed by atoms with Gasteiger partial charge in [0.2, 0.25) is 11.8 Å². The lowest BCUT2D eigenvalue weighted by atomic mass is 10.1. The third kappa shape index (κ3) is 6.72. The Kier molecular flexibility index (Phi) is 9.36. The molecule has 6 heterocycles. The Bertz CT molecular complexity index is 2130. The number of nitrogens with one attached hydrogen (secondary N) is 3. The summed E-state index contributed by atoms with van der Waals surface area (Å²) in [6.45, 7) is 1.41. The second-order valence-corrected chi connectivity index (χ2v) is 13.3. The van der Waals surface area contributed by atoms with E-state index in [1.54, 1.807) is 31.0 Å². The molecule has 12 nitrogen and oxygen atoms in total. The molecule has 12 heteroatoms. The molecule has 2 aliphatic heterocycles. The Morgan fingerprint density at radius 1 is 0.731 bits per heavy atom. The maximum absolute atomic E-state index is 13.6. The Hall–Kier alpha value is -6.01. The van der Waals surface area contributed by atoms with Crippen LogP contribution in [0.15, 0.2) is 104 Å². The molecule has 8 rings (SSSR count). The molecule has 0 bridgehead atoms. The lowest BCUT2D eigenvalue weighted by Crippen LogP contribution is -2.39. The minimum Gasteiger partial charge on any atom is -0.340 e. The van der Waals surface area contributed by atoms with Gasteiger partial charge in [0.05, 0.1) is 42.3 Å². The van der Waals surface area contributed by atoms with Crippen LogP contribution in [0.5, 0.6) is 0 Å². The number of benzene rings is 2. The summed E-state index contributed by atoms with van der Waals surface area (Å²) < 4.78 is 0. The van der Waals surface area contributed by atoms with Gasteiger partial charge < -0.3 is 25.1 Å². The van der Waals surface area contributed by atoms with E-state index in [1.165, 1.54) is 0 Å². The van der Waals surface area contributed by atoms with E-state index in [0.717, 1.165) is 83.1 Å². The standard InChI is InChI=1S/C40H40N10O2/c1-41-36(28-9-3-2-4-10-28)40(52)50-19-7-12-34(50)39-46-25-32(48-39)30-22-43-37(44-23-30)29-15-13-27(14-16-29)31-24-45-38(47-31)33-11-6-18-49(33)35(51)20-26-8-5-17-42-21-26/h2-5,8-10,13-17,21-25,33-34,36,41H,6-7,11-12,18-20H2,1H3,(H,45,47)(H,46,48)/t33-,34-,36+/m0/s1. The molecule has 52 heavy (non-hydrogen) atoms. The molecule has 3 atom stereocenters. The van der Waals surface area contributed by atoms with E-state index >= 15 is 0 Å². The fourth-order valence-corrected chi connectivity index (χ4v) is 7.41. The number of H-pyrrole nitrogens is 2. The second-order valence-electron chi connectivity index (χ2n) is 13.3. The van der Waals surface area contributed by atoms with Crippen molar-refractivity contribution in [2.75, 3.05) is 20.1 Å². The quantitative estimate of drug-likeness (QED) is 0.162. The topological polar surface area (TPSA) is 149 Å². The molecule has 2 aliphatic rings. The van der Waals surface area contributed by atoms with Crippen LogP contribution in [0.25, 0.3) is 33.9 Å². The van der Waals surface area contributed by atoms with E-state index in [2.05, 4.69) is 40.2 Å². The third-order valence-electron chi connectivity index (χ3n) is 10.1. The van der Waals surface area contributed by atoms with Gasteiger partial charge in [-0.3, -0.25) is 14.6 Å². The van der Waals surface area contributed by atoms with Crippen LogP contribution in [0.1, 0.15) is 66.6 Å². The fraction of sp³-hybridized carbons (Fsp3) is 0.275. The molecule has 3 N–H and O–H groups in total. The first-order chi connectivity index (χ1) is 25.6. The van der Waals surface area contributed by atoms with Crippen LogP contribution >= 0.6 is 0 Å². The van der Waals surface area contributed by atoms with Crippen LogP contribution in [0, 0.1) is 0 Å². The molecular weight excluding hydrogens is 653 g/mol. The molecule has 2 amide bonds. The summed E-state index contributed by atoms with van der Waals surface area (Å²) >= 11 is 0. The lowest BCUT2D eigenvalue weighted by molar-refractivity contribution is -0.134. The first-order valence-corrected chi connectivity index (χ1v) is 17.8. The van der Waals surface area contributed by atoms with E-state index in [1.807, 2.05) is 89.8 Å². The van der Waals surface area contributed by atoms with Gasteiger partial charge in [0.25, 0.3) is 0 Å². The highest BCUT2D eigenvalue weighted by molar-refractivity contribution is 5.84. The van der Waals surface area contributed by atoms with Crippen LogP contribution in [-0.2, 0) is 16.0 Å². The number of amides is 2. The predicted octanol–water partition coefficient (Wildman–Crippen LogP) is 5.85. The van der Waals surface area contributed by atoms with Crippen LogP contribution in [-0.4, -0.2) is 76.6 Å². The molecule has 0 spiro atoms.